The molecule has 9 heteroatoms. The van der Waals surface area contributed by atoms with E-state index in [1.165, 1.54) is 10.8 Å². The lowest BCUT2D eigenvalue weighted by molar-refractivity contribution is 0.0543. The topological polar surface area (TPSA) is 115 Å². The molecule has 0 amide bonds. The van der Waals surface area contributed by atoms with Crippen molar-refractivity contribution in [2.45, 2.75) is 59.6 Å². The first-order valence-corrected chi connectivity index (χ1v) is 11.5. The Morgan fingerprint density at radius 3 is 2.60 bits per heavy atom. The van der Waals surface area contributed by atoms with E-state index in [2.05, 4.69) is 25.3 Å². The molecule has 0 radical (unpaired) electrons. The van der Waals surface area contributed by atoms with E-state index in [-0.39, 0.29) is 11.6 Å². The monoisotopic (exact) mass is 474 g/mol. The van der Waals surface area contributed by atoms with Crippen LogP contribution in [0.1, 0.15) is 51.4 Å². The Kier molecular flexibility index (Phi) is 6.43. The molecule has 0 aliphatic heterocycles. The van der Waals surface area contributed by atoms with Crippen LogP contribution in [0.4, 0.5) is 10.7 Å². The van der Waals surface area contributed by atoms with E-state index in [1.54, 1.807) is 12.4 Å². The smallest absolute Gasteiger partial charge is 0.420 e. The second-order valence-corrected chi connectivity index (χ2v) is 9.77. The summed E-state index contributed by atoms with van der Waals surface area (Å²) < 4.78 is 7.00. The van der Waals surface area contributed by atoms with Crippen molar-refractivity contribution in [1.82, 2.24) is 24.5 Å². The lowest BCUT2D eigenvalue weighted by Crippen LogP contribution is -2.26. The Balaban J connectivity index is 1.64. The molecule has 0 saturated heterocycles. The molecule has 0 spiro atoms. The molecule has 4 aromatic rings. The van der Waals surface area contributed by atoms with Crippen LogP contribution in [0.25, 0.3) is 22.3 Å². The van der Waals surface area contributed by atoms with Crippen LogP contribution in [0.3, 0.4) is 0 Å². The number of ether oxygens (including phenoxy) is 1. The predicted molar refractivity (Wildman–Crippen MR) is 136 cm³/mol. The second kappa shape index (κ2) is 9.32. The van der Waals surface area contributed by atoms with Crippen LogP contribution in [0.2, 0.25) is 0 Å². The Morgan fingerprint density at radius 2 is 1.94 bits per heavy atom. The number of hydrogen-bond donors (Lipinski definition) is 2. The van der Waals surface area contributed by atoms with Crippen LogP contribution in [-0.4, -0.2) is 42.2 Å². The van der Waals surface area contributed by atoms with Crippen molar-refractivity contribution in [3.8, 4) is 11.3 Å². The summed E-state index contributed by atoms with van der Waals surface area (Å²) in [6.07, 6.45) is 5.03. The number of fused-ring (bicyclic) bond motifs is 1. The number of aromatic amines is 1. The maximum absolute atomic E-state index is 12.8. The Morgan fingerprint density at radius 1 is 1.17 bits per heavy atom. The van der Waals surface area contributed by atoms with Crippen molar-refractivity contribution in [3.05, 3.63) is 70.0 Å². The maximum Gasteiger partial charge on any atom is 0.420 e. The third-order valence-corrected chi connectivity index (χ3v) is 5.31. The van der Waals surface area contributed by atoms with Gasteiger partial charge in [-0.3, -0.25) is 14.8 Å². The second-order valence-electron chi connectivity index (χ2n) is 9.77. The number of carbonyl (C=O) groups excluding carboxylic acids is 1. The van der Waals surface area contributed by atoms with Gasteiger partial charge in [0.05, 0.1) is 11.3 Å². The highest BCUT2D eigenvalue weighted by molar-refractivity contribution is 5.89. The van der Waals surface area contributed by atoms with Crippen LogP contribution >= 0.6 is 0 Å². The summed E-state index contributed by atoms with van der Waals surface area (Å²) in [4.78, 5) is 41.5. The number of H-pyrrole nitrogens is 1. The van der Waals surface area contributed by atoms with Crippen LogP contribution in [0.5, 0.6) is 0 Å². The fraction of sp³-hybridized carbons (Fsp3) is 0.346. The number of aryl methyl sites for hydroxylation is 1. The fourth-order valence-electron chi connectivity index (χ4n) is 3.77. The average Bonchev–Trinajstić information content (AvgIpc) is 3.12. The van der Waals surface area contributed by atoms with E-state index in [9.17, 15) is 9.59 Å². The molecule has 4 rings (SSSR count). The van der Waals surface area contributed by atoms with Gasteiger partial charge in [-0.1, -0.05) is 6.07 Å². The minimum absolute atomic E-state index is 0.153. The van der Waals surface area contributed by atoms with E-state index < -0.39 is 11.7 Å². The average molecular weight is 475 g/mol. The highest BCUT2D eigenvalue weighted by Gasteiger charge is 2.22. The summed E-state index contributed by atoms with van der Waals surface area (Å²) in [7, 11) is 0. The number of pyridine rings is 2. The first-order valence-electron chi connectivity index (χ1n) is 11.5. The Hall–Kier alpha value is -4.01. The van der Waals surface area contributed by atoms with Gasteiger partial charge in [0.1, 0.15) is 11.2 Å². The van der Waals surface area contributed by atoms with Gasteiger partial charge in [0.2, 0.25) is 5.95 Å². The number of rotatable bonds is 5. The van der Waals surface area contributed by atoms with Gasteiger partial charge in [-0.05, 0) is 70.9 Å². The molecule has 9 nitrogen and oxygen atoms in total. The van der Waals surface area contributed by atoms with Crippen molar-refractivity contribution >= 4 is 23.1 Å². The van der Waals surface area contributed by atoms with Crippen molar-refractivity contribution in [2.24, 2.45) is 0 Å². The van der Waals surface area contributed by atoms with E-state index in [0.29, 0.717) is 29.3 Å². The summed E-state index contributed by atoms with van der Waals surface area (Å²) in [5.41, 5.74) is 3.32. The minimum Gasteiger partial charge on any atom is -0.443 e. The van der Waals surface area contributed by atoms with Crippen LogP contribution < -0.4 is 10.9 Å². The molecule has 0 aliphatic carbocycles. The molecule has 2 N–H and O–H groups in total. The van der Waals surface area contributed by atoms with Gasteiger partial charge in [-0.25, -0.2) is 19.3 Å². The van der Waals surface area contributed by atoms with Gasteiger partial charge in [-0.2, -0.15) is 0 Å². The Bertz CT molecular complexity index is 1450. The van der Waals surface area contributed by atoms with Gasteiger partial charge in [0.25, 0.3) is 5.56 Å². The van der Waals surface area contributed by atoms with Crippen LogP contribution in [0.15, 0.2) is 47.7 Å². The number of nitrogens with zero attached hydrogens (tertiary/aromatic N) is 4. The van der Waals surface area contributed by atoms with Gasteiger partial charge < -0.3 is 10.1 Å². The molecule has 4 heterocycles. The number of anilines is 1. The lowest BCUT2D eigenvalue weighted by atomic mass is 10.0. The summed E-state index contributed by atoms with van der Waals surface area (Å²) in [6, 6.07) is 7.70. The molecular weight excluding hydrogens is 444 g/mol. The van der Waals surface area contributed by atoms with Gasteiger partial charge in [-0.15, -0.1) is 0 Å². The predicted octanol–water partition coefficient (Wildman–Crippen LogP) is 4.68. The molecule has 0 aliphatic rings. The van der Waals surface area contributed by atoms with Crippen LogP contribution in [0, 0.1) is 6.92 Å². The van der Waals surface area contributed by atoms with E-state index in [0.717, 1.165) is 22.2 Å². The molecule has 0 atom stereocenters. The normalized spacial score (nSPS) is 11.7. The van der Waals surface area contributed by atoms with Crippen molar-refractivity contribution in [3.63, 3.8) is 0 Å². The van der Waals surface area contributed by atoms with Crippen molar-refractivity contribution in [1.29, 1.82) is 0 Å². The summed E-state index contributed by atoms with van der Waals surface area (Å²) in [5, 5.41) is 3.95. The molecule has 0 bridgehead atoms. The first kappa shape index (κ1) is 24.1. The van der Waals surface area contributed by atoms with Crippen molar-refractivity contribution < 1.29 is 9.53 Å². The highest BCUT2D eigenvalue weighted by atomic mass is 16.6. The summed E-state index contributed by atoms with van der Waals surface area (Å²) >= 11 is 0. The van der Waals surface area contributed by atoms with Gasteiger partial charge in [0.15, 0.2) is 0 Å². The zero-order valence-electron chi connectivity index (χ0n) is 20.8. The third-order valence-electron chi connectivity index (χ3n) is 5.31. The zero-order valence-corrected chi connectivity index (χ0v) is 20.8. The number of nitrogens with one attached hydrogen (secondary N) is 2. The van der Waals surface area contributed by atoms with Crippen molar-refractivity contribution in [2.75, 3.05) is 5.32 Å². The van der Waals surface area contributed by atoms with Gasteiger partial charge >= 0.3 is 6.09 Å². The summed E-state index contributed by atoms with van der Waals surface area (Å²) in [6.45, 7) is 11.3. The number of aromatic nitrogens is 5. The number of hydrogen-bond acceptors (Lipinski definition) is 7. The van der Waals surface area contributed by atoms with E-state index in [1.807, 2.05) is 65.8 Å². The lowest BCUT2D eigenvalue weighted by Gasteiger charge is -2.19. The SMILES string of the molecule is Cc1nc(-c2cnc(NC(C)C)[nH]c2=O)ccc1Cc1cn(C(=O)OC(C)(C)C)c2ncccc12. The molecule has 182 valence electrons. The molecule has 0 fully saturated rings. The van der Waals surface area contributed by atoms with Crippen LogP contribution in [-0.2, 0) is 11.2 Å². The molecular formula is C26H30N6O3. The number of carbonyl (C=O) groups is 1. The molecule has 35 heavy (non-hydrogen) atoms. The standard InChI is InChI=1S/C26H30N6O3/c1-15(2)29-24-28-13-20(23(33)31-24)21-10-9-17(16(3)30-21)12-18-14-32(25(34)35-26(4,5)6)22-19(18)8-7-11-27-22/h7-11,13-15H,12H2,1-6H3,(H2,28,29,31,33). The Labute approximate surface area is 203 Å². The molecule has 0 saturated carbocycles. The quantitative estimate of drug-likeness (QED) is 0.431. The minimum atomic E-state index is -0.616. The van der Waals surface area contributed by atoms with E-state index in [4.69, 9.17) is 4.74 Å². The first-order chi connectivity index (χ1) is 16.5. The molecule has 4 aromatic heterocycles. The highest BCUT2D eigenvalue weighted by Crippen LogP contribution is 2.25. The van der Waals surface area contributed by atoms with Gasteiger partial charge in [0, 0.05) is 42.1 Å². The fourth-order valence-corrected chi connectivity index (χ4v) is 3.77. The molecule has 0 unspecified atom stereocenters. The largest absolute Gasteiger partial charge is 0.443 e. The molecule has 0 aromatic carbocycles. The third kappa shape index (κ3) is 5.40. The van der Waals surface area contributed by atoms with E-state index >= 15 is 0 Å². The maximum atomic E-state index is 12.8. The zero-order chi connectivity index (χ0) is 25.3. The summed E-state index contributed by atoms with van der Waals surface area (Å²) in [5.74, 6) is 0.428.